The topological polar surface area (TPSA) is 95.7 Å². The molecule has 112 valence electrons. The van der Waals surface area contributed by atoms with Crippen molar-refractivity contribution in [3.63, 3.8) is 0 Å². The maximum atomic E-state index is 12.0. The molecule has 0 radical (unpaired) electrons. The zero-order valence-corrected chi connectivity index (χ0v) is 11.8. The van der Waals surface area contributed by atoms with E-state index in [1.807, 2.05) is 7.05 Å². The molecule has 7 nitrogen and oxygen atoms in total. The number of hydrogen-bond acceptors (Lipinski definition) is 5. The number of nitrogens with zero attached hydrogens (tertiary/aromatic N) is 2. The van der Waals surface area contributed by atoms with Gasteiger partial charge in [0, 0.05) is 31.9 Å². The number of likely N-dealkylation sites (N-methyl/N-ethyl adjacent to an activating group) is 1. The summed E-state index contributed by atoms with van der Waals surface area (Å²) < 4.78 is 0. The van der Waals surface area contributed by atoms with Crippen LogP contribution in [0.3, 0.4) is 0 Å². The summed E-state index contributed by atoms with van der Waals surface area (Å²) in [5.41, 5.74) is 6.10. The third-order valence-electron chi connectivity index (χ3n) is 3.42. The van der Waals surface area contributed by atoms with Gasteiger partial charge in [-0.2, -0.15) is 0 Å². The van der Waals surface area contributed by atoms with Crippen molar-refractivity contribution in [1.29, 1.82) is 0 Å². The Morgan fingerprint density at radius 3 is 2.33 bits per heavy atom. The molecule has 1 aromatic rings. The number of imide groups is 1. The highest BCUT2D eigenvalue weighted by Crippen LogP contribution is 2.10. The lowest BCUT2D eigenvalue weighted by Crippen LogP contribution is -2.52. The predicted octanol–water partition coefficient (Wildman–Crippen LogP) is -0.701. The van der Waals surface area contributed by atoms with Crippen LogP contribution in [-0.2, 0) is 9.59 Å². The van der Waals surface area contributed by atoms with Gasteiger partial charge in [0.1, 0.15) is 0 Å². The second-order valence-electron chi connectivity index (χ2n) is 4.97. The minimum atomic E-state index is -0.923. The van der Waals surface area contributed by atoms with Crippen LogP contribution in [0.25, 0.3) is 0 Å². The molecule has 1 fully saturated rings. The molecule has 21 heavy (non-hydrogen) atoms. The van der Waals surface area contributed by atoms with Crippen molar-refractivity contribution >= 4 is 23.4 Å². The summed E-state index contributed by atoms with van der Waals surface area (Å²) in [5.74, 6) is -2.28. The molecular formula is C14H18N4O3. The van der Waals surface area contributed by atoms with Gasteiger partial charge in [-0.25, -0.2) is 0 Å². The first-order valence-electron chi connectivity index (χ1n) is 6.66. The van der Waals surface area contributed by atoms with Crippen LogP contribution in [0.4, 0.5) is 5.69 Å². The lowest BCUT2D eigenvalue weighted by molar-refractivity contribution is -0.146. The maximum Gasteiger partial charge on any atom is 0.316 e. The van der Waals surface area contributed by atoms with Gasteiger partial charge in [-0.05, 0) is 19.2 Å². The highest BCUT2D eigenvalue weighted by atomic mass is 16.2. The fraction of sp³-hybridized carbons (Fsp3) is 0.357. The molecule has 0 aromatic heterocycles. The second-order valence-corrected chi connectivity index (χ2v) is 4.97. The number of amides is 3. The normalized spacial score (nSPS) is 15.6. The standard InChI is InChI=1S/C14H18N4O3/c1-17-6-8-18(9-7-17)14(21)13(20)16-12(19)10-4-2-3-5-11(10)15/h2-5H,6-9,15H2,1H3,(H,16,19,20). The Balaban J connectivity index is 1.96. The van der Waals surface area contributed by atoms with Gasteiger partial charge in [0.15, 0.2) is 0 Å². The van der Waals surface area contributed by atoms with E-state index in [2.05, 4.69) is 10.2 Å². The zero-order chi connectivity index (χ0) is 15.4. The second kappa shape index (κ2) is 6.36. The van der Waals surface area contributed by atoms with E-state index in [-0.39, 0.29) is 11.3 Å². The fourth-order valence-corrected chi connectivity index (χ4v) is 2.08. The molecule has 1 saturated heterocycles. The van der Waals surface area contributed by atoms with Gasteiger partial charge in [-0.1, -0.05) is 12.1 Å². The molecule has 1 aromatic carbocycles. The van der Waals surface area contributed by atoms with E-state index in [1.165, 1.54) is 11.0 Å². The van der Waals surface area contributed by atoms with Gasteiger partial charge >= 0.3 is 11.8 Å². The van der Waals surface area contributed by atoms with Crippen molar-refractivity contribution in [2.24, 2.45) is 0 Å². The van der Waals surface area contributed by atoms with Crippen molar-refractivity contribution in [2.45, 2.75) is 0 Å². The first-order chi connectivity index (χ1) is 9.99. The Kier molecular flexibility index (Phi) is 4.54. The molecule has 1 aliphatic heterocycles. The lowest BCUT2D eigenvalue weighted by atomic mass is 10.1. The maximum absolute atomic E-state index is 12.0. The average molecular weight is 290 g/mol. The van der Waals surface area contributed by atoms with Gasteiger partial charge in [0.05, 0.1) is 5.56 Å². The predicted molar refractivity (Wildman–Crippen MR) is 77.4 cm³/mol. The van der Waals surface area contributed by atoms with Crippen molar-refractivity contribution in [3.05, 3.63) is 29.8 Å². The molecule has 1 heterocycles. The van der Waals surface area contributed by atoms with Gasteiger partial charge in [0.2, 0.25) is 0 Å². The molecule has 1 aliphatic rings. The monoisotopic (exact) mass is 290 g/mol. The number of nitrogens with two attached hydrogens (primary N) is 1. The van der Waals surface area contributed by atoms with E-state index >= 15 is 0 Å². The summed E-state index contributed by atoms with van der Waals surface area (Å²) in [5, 5.41) is 2.08. The molecule has 3 N–H and O–H groups in total. The molecule has 7 heteroatoms. The molecule has 3 amide bonds. The fourth-order valence-electron chi connectivity index (χ4n) is 2.08. The van der Waals surface area contributed by atoms with E-state index in [0.717, 1.165) is 0 Å². The zero-order valence-electron chi connectivity index (χ0n) is 11.8. The number of rotatable bonds is 1. The van der Waals surface area contributed by atoms with Gasteiger partial charge in [-0.3, -0.25) is 19.7 Å². The number of para-hydroxylation sites is 1. The Morgan fingerprint density at radius 2 is 1.71 bits per heavy atom. The highest BCUT2D eigenvalue weighted by Gasteiger charge is 2.26. The summed E-state index contributed by atoms with van der Waals surface area (Å²) in [4.78, 5) is 39.2. The van der Waals surface area contributed by atoms with Crippen LogP contribution in [-0.4, -0.2) is 60.7 Å². The summed E-state index contributed by atoms with van der Waals surface area (Å²) in [6, 6.07) is 6.38. The minimum absolute atomic E-state index is 0.178. The molecule has 0 unspecified atom stereocenters. The number of benzene rings is 1. The third kappa shape index (κ3) is 3.57. The summed E-state index contributed by atoms with van der Waals surface area (Å²) >= 11 is 0. The minimum Gasteiger partial charge on any atom is -0.398 e. The SMILES string of the molecule is CN1CCN(C(=O)C(=O)NC(=O)c2ccccc2N)CC1. The van der Waals surface area contributed by atoms with Crippen molar-refractivity contribution in [1.82, 2.24) is 15.1 Å². The summed E-state index contributed by atoms with van der Waals surface area (Å²) in [6.45, 7) is 2.37. The molecule has 0 bridgehead atoms. The molecule has 2 rings (SSSR count). The Morgan fingerprint density at radius 1 is 1.10 bits per heavy atom. The average Bonchev–Trinajstić information content (AvgIpc) is 2.47. The van der Waals surface area contributed by atoms with Crippen molar-refractivity contribution < 1.29 is 14.4 Å². The highest BCUT2D eigenvalue weighted by molar-refractivity contribution is 6.38. The van der Waals surface area contributed by atoms with Crippen LogP contribution in [0.5, 0.6) is 0 Å². The van der Waals surface area contributed by atoms with Crippen molar-refractivity contribution in [3.8, 4) is 0 Å². The number of nitrogen functional groups attached to an aromatic ring is 1. The van der Waals surface area contributed by atoms with Crippen LogP contribution in [0, 0.1) is 0 Å². The quantitative estimate of drug-likeness (QED) is 0.527. The molecular weight excluding hydrogens is 272 g/mol. The van der Waals surface area contributed by atoms with Crippen LogP contribution < -0.4 is 11.1 Å². The van der Waals surface area contributed by atoms with Gasteiger partial charge in [-0.15, -0.1) is 0 Å². The summed E-state index contributed by atoms with van der Waals surface area (Å²) in [6.07, 6.45) is 0. The van der Waals surface area contributed by atoms with Gasteiger partial charge < -0.3 is 15.5 Å². The number of carbonyl (C=O) groups is 3. The molecule has 0 aliphatic carbocycles. The molecule has 0 spiro atoms. The van der Waals surface area contributed by atoms with E-state index in [0.29, 0.717) is 26.2 Å². The third-order valence-corrected chi connectivity index (χ3v) is 3.42. The van der Waals surface area contributed by atoms with E-state index in [9.17, 15) is 14.4 Å². The van der Waals surface area contributed by atoms with Crippen LogP contribution in [0.2, 0.25) is 0 Å². The van der Waals surface area contributed by atoms with Crippen LogP contribution >= 0.6 is 0 Å². The van der Waals surface area contributed by atoms with E-state index in [4.69, 9.17) is 5.73 Å². The Labute approximate surface area is 122 Å². The first-order valence-corrected chi connectivity index (χ1v) is 6.66. The largest absolute Gasteiger partial charge is 0.398 e. The summed E-state index contributed by atoms with van der Waals surface area (Å²) in [7, 11) is 1.95. The first kappa shape index (κ1) is 15.0. The van der Waals surface area contributed by atoms with Crippen molar-refractivity contribution in [2.75, 3.05) is 39.0 Å². The smallest absolute Gasteiger partial charge is 0.316 e. The van der Waals surface area contributed by atoms with Crippen LogP contribution in [0.15, 0.2) is 24.3 Å². The number of nitrogens with one attached hydrogen (secondary N) is 1. The number of carbonyl (C=O) groups excluding carboxylic acids is 3. The number of anilines is 1. The molecule has 0 saturated carbocycles. The van der Waals surface area contributed by atoms with Crippen LogP contribution in [0.1, 0.15) is 10.4 Å². The lowest BCUT2D eigenvalue weighted by Gasteiger charge is -2.31. The number of hydrogen-bond donors (Lipinski definition) is 2. The Bertz CT molecular complexity index is 565. The van der Waals surface area contributed by atoms with E-state index in [1.54, 1.807) is 18.2 Å². The van der Waals surface area contributed by atoms with E-state index < -0.39 is 17.7 Å². The van der Waals surface area contributed by atoms with Gasteiger partial charge in [0.25, 0.3) is 5.91 Å². The Hall–Kier alpha value is -2.41. The molecule has 0 atom stereocenters. The number of piperazine rings is 1.